The molecule has 1 rings (SSSR count). The Morgan fingerprint density at radius 1 is 1.42 bits per heavy atom. The number of primary amides is 1. The third kappa shape index (κ3) is 6.36. The largest absolute Gasteiger partial charge is 0.385 e. The summed E-state index contributed by atoms with van der Waals surface area (Å²) >= 11 is 0. The lowest BCUT2D eigenvalue weighted by Gasteiger charge is -2.28. The standard InChI is InChI=1S/C14H29N3O2/c1-14(13(15)18,16-12-6-7-12)8-4-9-17(2)10-5-11-19-3/h12,16H,4-11H2,1-3H3,(H2,15,18). The van der Waals surface area contributed by atoms with Crippen LogP contribution in [0.5, 0.6) is 0 Å². The monoisotopic (exact) mass is 271 g/mol. The number of carbonyl (C=O) groups excluding carboxylic acids is 1. The first-order valence-corrected chi connectivity index (χ1v) is 7.23. The zero-order valence-electron chi connectivity index (χ0n) is 12.6. The second-order valence-corrected chi connectivity index (χ2v) is 5.87. The minimum absolute atomic E-state index is 0.235. The molecule has 1 aliphatic carbocycles. The second-order valence-electron chi connectivity index (χ2n) is 5.87. The number of hydrogen-bond donors (Lipinski definition) is 2. The van der Waals surface area contributed by atoms with Gasteiger partial charge in [0.25, 0.3) is 0 Å². The maximum atomic E-state index is 11.6. The molecule has 1 atom stereocenters. The van der Waals surface area contributed by atoms with Crippen LogP contribution in [0.3, 0.4) is 0 Å². The molecule has 1 unspecified atom stereocenters. The quantitative estimate of drug-likeness (QED) is 0.544. The molecule has 3 N–H and O–H groups in total. The van der Waals surface area contributed by atoms with Crippen molar-refractivity contribution in [1.29, 1.82) is 0 Å². The van der Waals surface area contributed by atoms with E-state index >= 15 is 0 Å². The molecule has 0 radical (unpaired) electrons. The van der Waals surface area contributed by atoms with Gasteiger partial charge in [0.2, 0.25) is 5.91 Å². The highest BCUT2D eigenvalue weighted by Gasteiger charge is 2.36. The second kappa shape index (κ2) is 7.82. The van der Waals surface area contributed by atoms with Gasteiger partial charge in [-0.05, 0) is 52.6 Å². The lowest BCUT2D eigenvalue weighted by Crippen LogP contribution is -2.54. The van der Waals surface area contributed by atoms with Crippen LogP contribution in [0.25, 0.3) is 0 Å². The fourth-order valence-electron chi connectivity index (χ4n) is 2.24. The average Bonchev–Trinajstić information content (AvgIpc) is 3.13. The number of nitrogens with zero attached hydrogens (tertiary/aromatic N) is 1. The van der Waals surface area contributed by atoms with Crippen molar-refractivity contribution in [1.82, 2.24) is 10.2 Å². The minimum atomic E-state index is -0.547. The molecule has 1 amide bonds. The summed E-state index contributed by atoms with van der Waals surface area (Å²) in [4.78, 5) is 13.9. The fourth-order valence-corrected chi connectivity index (χ4v) is 2.24. The number of hydrogen-bond acceptors (Lipinski definition) is 4. The Kier molecular flexibility index (Phi) is 6.75. The Morgan fingerprint density at radius 3 is 2.58 bits per heavy atom. The molecule has 0 bridgehead atoms. The molecule has 1 saturated carbocycles. The lowest BCUT2D eigenvalue weighted by molar-refractivity contribution is -0.124. The summed E-state index contributed by atoms with van der Waals surface area (Å²) in [7, 11) is 3.83. The first-order valence-electron chi connectivity index (χ1n) is 7.23. The SMILES string of the molecule is COCCCN(C)CCCC(C)(NC1CC1)C(N)=O. The molecule has 0 spiro atoms. The molecule has 5 heteroatoms. The first-order chi connectivity index (χ1) is 8.98. The van der Waals surface area contributed by atoms with E-state index in [2.05, 4.69) is 17.3 Å². The zero-order chi connectivity index (χ0) is 14.3. The van der Waals surface area contributed by atoms with Crippen molar-refractivity contribution in [2.45, 2.75) is 50.6 Å². The summed E-state index contributed by atoms with van der Waals surface area (Å²) in [5, 5.41) is 3.38. The summed E-state index contributed by atoms with van der Waals surface area (Å²) in [5.41, 5.74) is 4.98. The van der Waals surface area contributed by atoms with Gasteiger partial charge in [0.1, 0.15) is 0 Å². The summed E-state index contributed by atoms with van der Waals surface area (Å²) in [6, 6.07) is 0.497. The van der Waals surface area contributed by atoms with Crippen LogP contribution in [0, 0.1) is 0 Å². The van der Waals surface area contributed by atoms with E-state index in [-0.39, 0.29) is 5.91 Å². The smallest absolute Gasteiger partial charge is 0.237 e. The van der Waals surface area contributed by atoms with Gasteiger partial charge < -0.3 is 20.7 Å². The molecule has 19 heavy (non-hydrogen) atoms. The maximum Gasteiger partial charge on any atom is 0.237 e. The van der Waals surface area contributed by atoms with Crippen LogP contribution in [0.2, 0.25) is 0 Å². The highest BCUT2D eigenvalue weighted by atomic mass is 16.5. The molecule has 1 aliphatic rings. The van der Waals surface area contributed by atoms with Crippen molar-refractivity contribution in [3.05, 3.63) is 0 Å². The molecule has 0 saturated heterocycles. The van der Waals surface area contributed by atoms with E-state index in [1.54, 1.807) is 7.11 Å². The van der Waals surface area contributed by atoms with E-state index in [1.165, 1.54) is 12.8 Å². The molecular weight excluding hydrogens is 242 g/mol. The van der Waals surface area contributed by atoms with E-state index in [0.717, 1.165) is 39.0 Å². The van der Waals surface area contributed by atoms with Gasteiger partial charge in [-0.25, -0.2) is 0 Å². The van der Waals surface area contributed by atoms with Crippen LogP contribution in [-0.2, 0) is 9.53 Å². The van der Waals surface area contributed by atoms with Crippen molar-refractivity contribution in [3.8, 4) is 0 Å². The molecule has 1 fully saturated rings. The Labute approximate surface area is 116 Å². The first kappa shape index (κ1) is 16.4. The van der Waals surface area contributed by atoms with Gasteiger partial charge in [-0.1, -0.05) is 0 Å². The van der Waals surface area contributed by atoms with Gasteiger partial charge in [-0.15, -0.1) is 0 Å². The third-order valence-electron chi connectivity index (χ3n) is 3.75. The molecule has 0 aromatic rings. The molecule has 0 aromatic heterocycles. The van der Waals surface area contributed by atoms with E-state index < -0.39 is 5.54 Å². The molecular formula is C14H29N3O2. The average molecular weight is 271 g/mol. The topological polar surface area (TPSA) is 67.6 Å². The van der Waals surface area contributed by atoms with Gasteiger partial charge in [0, 0.05) is 26.3 Å². The number of nitrogens with two attached hydrogens (primary N) is 1. The zero-order valence-corrected chi connectivity index (χ0v) is 12.6. The highest BCUT2D eigenvalue weighted by Crippen LogP contribution is 2.24. The van der Waals surface area contributed by atoms with Crippen LogP contribution in [0.15, 0.2) is 0 Å². The number of ether oxygens (including phenoxy) is 1. The molecule has 0 aliphatic heterocycles. The van der Waals surface area contributed by atoms with E-state index in [9.17, 15) is 4.79 Å². The van der Waals surface area contributed by atoms with Gasteiger partial charge in [-0.3, -0.25) is 4.79 Å². The van der Waals surface area contributed by atoms with Crippen LogP contribution in [-0.4, -0.2) is 56.2 Å². The molecule has 112 valence electrons. The minimum Gasteiger partial charge on any atom is -0.385 e. The van der Waals surface area contributed by atoms with Crippen molar-refractivity contribution in [2.24, 2.45) is 5.73 Å². The van der Waals surface area contributed by atoms with Crippen LogP contribution >= 0.6 is 0 Å². The van der Waals surface area contributed by atoms with E-state index in [4.69, 9.17) is 10.5 Å². The number of rotatable bonds is 11. The van der Waals surface area contributed by atoms with Crippen LogP contribution in [0.1, 0.15) is 39.0 Å². The summed E-state index contributed by atoms with van der Waals surface area (Å²) < 4.78 is 5.04. The summed E-state index contributed by atoms with van der Waals surface area (Å²) in [6.07, 6.45) is 5.15. The van der Waals surface area contributed by atoms with Crippen LogP contribution < -0.4 is 11.1 Å². The van der Waals surface area contributed by atoms with Gasteiger partial charge in [0.05, 0.1) is 5.54 Å². The molecule has 0 heterocycles. The predicted octanol–water partition coefficient (Wildman–Crippen LogP) is 0.731. The van der Waals surface area contributed by atoms with Gasteiger partial charge in [0.15, 0.2) is 0 Å². The Balaban J connectivity index is 2.22. The number of carbonyl (C=O) groups is 1. The van der Waals surface area contributed by atoms with Gasteiger partial charge in [-0.2, -0.15) is 0 Å². The van der Waals surface area contributed by atoms with Gasteiger partial charge >= 0.3 is 0 Å². The van der Waals surface area contributed by atoms with E-state index in [1.807, 2.05) is 6.92 Å². The van der Waals surface area contributed by atoms with Crippen molar-refractivity contribution < 1.29 is 9.53 Å². The van der Waals surface area contributed by atoms with Crippen molar-refractivity contribution in [3.63, 3.8) is 0 Å². The normalized spacial score (nSPS) is 18.5. The Hall–Kier alpha value is -0.650. The lowest BCUT2D eigenvalue weighted by atomic mass is 9.94. The molecule has 5 nitrogen and oxygen atoms in total. The molecule has 0 aromatic carbocycles. The van der Waals surface area contributed by atoms with Crippen molar-refractivity contribution >= 4 is 5.91 Å². The maximum absolute atomic E-state index is 11.6. The number of nitrogens with one attached hydrogen (secondary N) is 1. The predicted molar refractivity (Wildman–Crippen MR) is 77.0 cm³/mol. The third-order valence-corrected chi connectivity index (χ3v) is 3.75. The Morgan fingerprint density at radius 2 is 2.05 bits per heavy atom. The highest BCUT2D eigenvalue weighted by molar-refractivity contribution is 5.84. The van der Waals surface area contributed by atoms with Crippen LogP contribution in [0.4, 0.5) is 0 Å². The fraction of sp³-hybridized carbons (Fsp3) is 0.929. The number of amides is 1. The number of methoxy groups -OCH3 is 1. The van der Waals surface area contributed by atoms with Crippen molar-refractivity contribution in [2.75, 3.05) is 33.9 Å². The summed E-state index contributed by atoms with van der Waals surface area (Å²) in [6.45, 7) is 4.74. The summed E-state index contributed by atoms with van der Waals surface area (Å²) in [5.74, 6) is -0.235. The van der Waals surface area contributed by atoms with E-state index in [0.29, 0.717) is 6.04 Å². The Bertz CT molecular complexity index is 282.